The quantitative estimate of drug-likeness (QED) is 0.771. The third-order valence-electron chi connectivity index (χ3n) is 5.02. The van der Waals surface area contributed by atoms with Crippen LogP contribution in [0.4, 0.5) is 0 Å². The lowest BCUT2D eigenvalue weighted by atomic mass is 10.0. The number of rotatable bonds is 6. The Kier molecular flexibility index (Phi) is 6.03. The van der Waals surface area contributed by atoms with Gasteiger partial charge in [0, 0.05) is 6.04 Å². The lowest BCUT2D eigenvalue weighted by molar-refractivity contribution is -0.130. The Balaban J connectivity index is 1.62. The van der Waals surface area contributed by atoms with E-state index in [9.17, 15) is 18.0 Å². The second-order valence-corrected chi connectivity index (χ2v) is 9.98. The zero-order chi connectivity index (χ0) is 20.3. The van der Waals surface area contributed by atoms with Crippen LogP contribution in [-0.2, 0) is 25.8 Å². The molecule has 1 aliphatic heterocycles. The summed E-state index contributed by atoms with van der Waals surface area (Å²) in [6.07, 6.45) is 0.600. The summed E-state index contributed by atoms with van der Waals surface area (Å²) in [5.74, 6) is -0.613. The largest absolute Gasteiger partial charge is 0.351 e. The van der Waals surface area contributed by atoms with Gasteiger partial charge in [-0.25, -0.2) is 8.42 Å². The third-order valence-corrected chi connectivity index (χ3v) is 6.79. The first-order valence-electron chi connectivity index (χ1n) is 9.51. The minimum Gasteiger partial charge on any atom is -0.351 e. The van der Waals surface area contributed by atoms with E-state index < -0.39 is 15.9 Å². The second-order valence-electron chi connectivity index (χ2n) is 7.76. The van der Waals surface area contributed by atoms with E-state index >= 15 is 0 Å². The van der Waals surface area contributed by atoms with Crippen molar-refractivity contribution in [3.63, 3.8) is 0 Å². The second kappa shape index (κ2) is 8.31. The van der Waals surface area contributed by atoms with Crippen LogP contribution in [0.1, 0.15) is 25.8 Å². The number of carbonyl (C=O) groups excluding carboxylic acids is 2. The zero-order valence-electron chi connectivity index (χ0n) is 16.1. The Morgan fingerprint density at radius 1 is 1.11 bits per heavy atom. The monoisotopic (exact) mass is 402 g/mol. The molecule has 2 amide bonds. The van der Waals surface area contributed by atoms with E-state index in [-0.39, 0.29) is 41.7 Å². The SMILES string of the molecule is CC(C)C(NC(=O)Cc1ccc2ccccc2c1)C(=O)NC1CCS(=O)(=O)C1. The first kappa shape index (κ1) is 20.3. The van der Waals surface area contributed by atoms with E-state index in [4.69, 9.17) is 0 Å². The van der Waals surface area contributed by atoms with Crippen molar-refractivity contribution in [2.75, 3.05) is 11.5 Å². The molecule has 1 saturated heterocycles. The summed E-state index contributed by atoms with van der Waals surface area (Å²) < 4.78 is 23.2. The highest BCUT2D eigenvalue weighted by molar-refractivity contribution is 7.91. The summed E-state index contributed by atoms with van der Waals surface area (Å²) in [5.41, 5.74) is 0.876. The number of carbonyl (C=O) groups is 2. The van der Waals surface area contributed by atoms with E-state index in [2.05, 4.69) is 10.6 Å². The molecule has 2 atom stereocenters. The fourth-order valence-electron chi connectivity index (χ4n) is 3.49. The minimum atomic E-state index is -3.07. The Hall–Kier alpha value is -2.41. The first-order valence-corrected chi connectivity index (χ1v) is 11.3. The van der Waals surface area contributed by atoms with Gasteiger partial charge in [0.25, 0.3) is 0 Å². The number of amides is 2. The van der Waals surface area contributed by atoms with Gasteiger partial charge in [0.15, 0.2) is 9.84 Å². The number of hydrogen-bond acceptors (Lipinski definition) is 4. The van der Waals surface area contributed by atoms with Crippen LogP contribution in [0.25, 0.3) is 10.8 Å². The van der Waals surface area contributed by atoms with Crippen LogP contribution in [0.15, 0.2) is 42.5 Å². The molecular weight excluding hydrogens is 376 g/mol. The van der Waals surface area contributed by atoms with Crippen molar-refractivity contribution < 1.29 is 18.0 Å². The third kappa shape index (κ3) is 5.10. The number of sulfone groups is 1. The summed E-state index contributed by atoms with van der Waals surface area (Å²) in [6, 6.07) is 12.7. The van der Waals surface area contributed by atoms with Crippen molar-refractivity contribution in [2.24, 2.45) is 5.92 Å². The normalized spacial score (nSPS) is 19.5. The molecule has 2 N–H and O–H groups in total. The summed E-state index contributed by atoms with van der Waals surface area (Å²) in [6.45, 7) is 3.71. The van der Waals surface area contributed by atoms with Gasteiger partial charge in [-0.3, -0.25) is 9.59 Å². The van der Waals surface area contributed by atoms with Crippen LogP contribution in [0.5, 0.6) is 0 Å². The number of benzene rings is 2. The Labute approximate surface area is 165 Å². The molecule has 1 heterocycles. The Morgan fingerprint density at radius 2 is 1.82 bits per heavy atom. The highest BCUT2D eigenvalue weighted by atomic mass is 32.2. The van der Waals surface area contributed by atoms with E-state index in [1.807, 2.05) is 56.3 Å². The highest BCUT2D eigenvalue weighted by Gasteiger charge is 2.32. The maximum absolute atomic E-state index is 12.6. The molecule has 150 valence electrons. The number of fused-ring (bicyclic) bond motifs is 1. The van der Waals surface area contributed by atoms with Gasteiger partial charge < -0.3 is 10.6 Å². The predicted octanol–water partition coefficient (Wildman–Crippen LogP) is 1.83. The molecule has 7 heteroatoms. The van der Waals surface area contributed by atoms with Crippen molar-refractivity contribution in [3.8, 4) is 0 Å². The maximum atomic E-state index is 12.6. The molecule has 28 heavy (non-hydrogen) atoms. The van der Waals surface area contributed by atoms with Crippen LogP contribution >= 0.6 is 0 Å². The summed E-state index contributed by atoms with van der Waals surface area (Å²) >= 11 is 0. The van der Waals surface area contributed by atoms with Gasteiger partial charge in [-0.1, -0.05) is 56.3 Å². The van der Waals surface area contributed by atoms with Crippen LogP contribution in [0.3, 0.4) is 0 Å². The van der Waals surface area contributed by atoms with Crippen LogP contribution < -0.4 is 10.6 Å². The smallest absolute Gasteiger partial charge is 0.243 e. The average Bonchev–Trinajstić information content (AvgIpc) is 2.97. The fraction of sp³-hybridized carbons (Fsp3) is 0.429. The van der Waals surface area contributed by atoms with Crippen molar-refractivity contribution in [1.82, 2.24) is 10.6 Å². The molecular formula is C21H26N2O4S. The van der Waals surface area contributed by atoms with Gasteiger partial charge in [0.1, 0.15) is 6.04 Å². The first-order chi connectivity index (χ1) is 13.2. The summed E-state index contributed by atoms with van der Waals surface area (Å²) in [7, 11) is -3.07. The predicted molar refractivity (Wildman–Crippen MR) is 110 cm³/mol. The molecule has 1 aliphatic rings. The molecule has 1 fully saturated rings. The Bertz CT molecular complexity index is 985. The van der Waals surface area contributed by atoms with Gasteiger partial charge in [0.05, 0.1) is 17.9 Å². The lowest BCUT2D eigenvalue weighted by Crippen LogP contribution is -2.52. The van der Waals surface area contributed by atoms with Gasteiger partial charge in [-0.05, 0) is 28.7 Å². The zero-order valence-corrected chi connectivity index (χ0v) is 17.0. The van der Waals surface area contributed by atoms with Crippen molar-refractivity contribution in [3.05, 3.63) is 48.0 Å². The van der Waals surface area contributed by atoms with Gasteiger partial charge in [0.2, 0.25) is 11.8 Å². The lowest BCUT2D eigenvalue weighted by Gasteiger charge is -2.23. The molecule has 0 aromatic heterocycles. The highest BCUT2D eigenvalue weighted by Crippen LogP contribution is 2.16. The average molecular weight is 403 g/mol. The van der Waals surface area contributed by atoms with Crippen LogP contribution in [0.2, 0.25) is 0 Å². The van der Waals surface area contributed by atoms with Crippen molar-refractivity contribution >= 4 is 32.4 Å². The van der Waals surface area contributed by atoms with E-state index in [1.54, 1.807) is 0 Å². The molecule has 2 unspecified atom stereocenters. The Morgan fingerprint density at radius 3 is 2.46 bits per heavy atom. The van der Waals surface area contributed by atoms with E-state index in [0.29, 0.717) is 6.42 Å². The van der Waals surface area contributed by atoms with E-state index in [1.165, 1.54) is 0 Å². The van der Waals surface area contributed by atoms with E-state index in [0.717, 1.165) is 16.3 Å². The summed E-state index contributed by atoms with van der Waals surface area (Å²) in [4.78, 5) is 25.1. The van der Waals surface area contributed by atoms with Gasteiger partial charge in [-0.2, -0.15) is 0 Å². The molecule has 0 radical (unpaired) electrons. The molecule has 0 spiro atoms. The number of hydrogen-bond donors (Lipinski definition) is 2. The molecule has 2 aromatic carbocycles. The standard InChI is InChI=1S/C21H26N2O4S/c1-14(2)20(21(25)22-18-9-10-28(26,27)13-18)23-19(24)12-15-7-8-16-5-3-4-6-17(16)11-15/h3-8,11,14,18,20H,9-10,12-13H2,1-2H3,(H,22,25)(H,23,24). The fourth-order valence-corrected chi connectivity index (χ4v) is 5.17. The minimum absolute atomic E-state index is 0.0331. The molecule has 0 bridgehead atoms. The van der Waals surface area contributed by atoms with Gasteiger partial charge >= 0.3 is 0 Å². The molecule has 0 saturated carbocycles. The van der Waals surface area contributed by atoms with Crippen molar-refractivity contribution in [2.45, 2.75) is 38.8 Å². The molecule has 6 nitrogen and oxygen atoms in total. The molecule has 0 aliphatic carbocycles. The van der Waals surface area contributed by atoms with Gasteiger partial charge in [-0.15, -0.1) is 0 Å². The van der Waals surface area contributed by atoms with Crippen LogP contribution in [0, 0.1) is 5.92 Å². The molecule has 2 aromatic rings. The molecule has 3 rings (SSSR count). The number of nitrogens with one attached hydrogen (secondary N) is 2. The maximum Gasteiger partial charge on any atom is 0.243 e. The summed E-state index contributed by atoms with van der Waals surface area (Å²) in [5, 5.41) is 7.76. The van der Waals surface area contributed by atoms with Crippen LogP contribution in [-0.4, -0.2) is 43.8 Å². The van der Waals surface area contributed by atoms with Crippen molar-refractivity contribution in [1.29, 1.82) is 0 Å². The topological polar surface area (TPSA) is 92.3 Å².